The number of benzene rings is 1. The first kappa shape index (κ1) is 21.9. The molecule has 1 saturated carbocycles. The van der Waals surface area contributed by atoms with Crippen LogP contribution in [0.15, 0.2) is 30.3 Å². The minimum Gasteiger partial charge on any atom is -0.390 e. The van der Waals surface area contributed by atoms with Crippen LogP contribution < -0.4 is 16.4 Å². The Kier molecular flexibility index (Phi) is 10.0. The largest absolute Gasteiger partial charge is 1.00 e. The number of hydrogen-bond acceptors (Lipinski definition) is 4. The molecule has 5 N–H and O–H groups in total. The van der Waals surface area contributed by atoms with Gasteiger partial charge in [-0.2, -0.15) is 0 Å². The van der Waals surface area contributed by atoms with Gasteiger partial charge in [0.15, 0.2) is 0 Å². The molecule has 2 unspecified atom stereocenters. The average molecular weight is 372 g/mol. The molecule has 142 valence electrons. The lowest BCUT2D eigenvalue weighted by Crippen LogP contribution is -2.51. The average Bonchev–Trinajstić information content (AvgIpc) is 2.61. The fourth-order valence-corrected chi connectivity index (χ4v) is 3.14. The molecule has 6 heteroatoms. The van der Waals surface area contributed by atoms with E-state index in [1.807, 2.05) is 37.3 Å². The molecule has 1 aromatic carbocycles. The van der Waals surface area contributed by atoms with Crippen LogP contribution in [0.5, 0.6) is 0 Å². The molecule has 3 atom stereocenters. The maximum atomic E-state index is 12.2. The van der Waals surface area contributed by atoms with Crippen LogP contribution in [0.1, 0.15) is 47.4 Å². The monoisotopic (exact) mass is 371 g/mol. The normalized spacial score (nSPS) is 18.7. The molecular formula is C19H34ClN3O2+2. The number of aliphatic hydroxyl groups excluding tert-OH is 1. The second kappa shape index (κ2) is 11.5. The molecule has 1 aliphatic carbocycles. The van der Waals surface area contributed by atoms with Gasteiger partial charge in [0.2, 0.25) is 5.91 Å². The van der Waals surface area contributed by atoms with Gasteiger partial charge in [-0.15, -0.1) is 12.4 Å². The molecule has 0 spiro atoms. The summed E-state index contributed by atoms with van der Waals surface area (Å²) in [4.78, 5) is 12.2. The number of rotatable bonds is 8. The van der Waals surface area contributed by atoms with E-state index < -0.39 is 6.10 Å². The van der Waals surface area contributed by atoms with Crippen LogP contribution in [0.3, 0.4) is 0 Å². The first-order valence-corrected chi connectivity index (χ1v) is 9.07. The van der Waals surface area contributed by atoms with E-state index in [0.717, 1.165) is 18.4 Å². The molecule has 2 rings (SSSR count). The first-order valence-electron chi connectivity index (χ1n) is 9.07. The van der Waals surface area contributed by atoms with Gasteiger partial charge in [-0.3, -0.25) is 4.79 Å². The molecule has 1 aromatic rings. The van der Waals surface area contributed by atoms with E-state index in [4.69, 9.17) is 5.73 Å². The van der Waals surface area contributed by atoms with E-state index in [0.29, 0.717) is 19.0 Å². The Bertz CT molecular complexity index is 505. The van der Waals surface area contributed by atoms with Gasteiger partial charge in [0, 0.05) is 18.6 Å². The molecule has 0 heterocycles. The maximum Gasteiger partial charge on any atom is 1.00 e. The number of halogens is 1. The third-order valence-electron chi connectivity index (χ3n) is 4.79. The molecule has 0 aromatic heterocycles. The van der Waals surface area contributed by atoms with Crippen molar-refractivity contribution in [2.45, 2.75) is 69.7 Å². The number of amides is 1. The van der Waals surface area contributed by atoms with E-state index in [2.05, 4.69) is 10.6 Å². The number of nitrogens with one attached hydrogen (secondary N) is 2. The van der Waals surface area contributed by atoms with E-state index in [1.54, 1.807) is 0 Å². The Balaban J connectivity index is 0. The molecule has 1 fully saturated rings. The second-order valence-corrected chi connectivity index (χ2v) is 6.89. The van der Waals surface area contributed by atoms with Crippen molar-refractivity contribution >= 4 is 18.3 Å². The summed E-state index contributed by atoms with van der Waals surface area (Å²) in [5.74, 6) is 0.00531. The van der Waals surface area contributed by atoms with Crippen molar-refractivity contribution in [3.05, 3.63) is 35.9 Å². The number of aliphatic hydroxyl groups is 1. The Morgan fingerprint density at radius 2 is 1.92 bits per heavy atom. The van der Waals surface area contributed by atoms with Crippen LogP contribution in [0.4, 0.5) is 0 Å². The van der Waals surface area contributed by atoms with Crippen molar-refractivity contribution in [1.29, 1.82) is 0 Å². The van der Waals surface area contributed by atoms with Crippen LogP contribution in [-0.2, 0) is 11.2 Å². The van der Waals surface area contributed by atoms with E-state index in [1.165, 1.54) is 19.3 Å². The lowest BCUT2D eigenvalue weighted by atomic mass is 9.95. The first-order chi connectivity index (χ1) is 11.6. The van der Waals surface area contributed by atoms with Gasteiger partial charge in [-0.25, -0.2) is 0 Å². The number of carbonyl (C=O) groups excluding carboxylic acids is 1. The van der Waals surface area contributed by atoms with Crippen molar-refractivity contribution < 1.29 is 12.8 Å². The lowest BCUT2D eigenvalue weighted by molar-refractivity contribution is -0.123. The molecule has 0 saturated heterocycles. The van der Waals surface area contributed by atoms with Crippen molar-refractivity contribution in [3.8, 4) is 0 Å². The summed E-state index contributed by atoms with van der Waals surface area (Å²) in [5, 5.41) is 16.4. The molecule has 25 heavy (non-hydrogen) atoms. The Hall–Kier alpha value is -1.14. The summed E-state index contributed by atoms with van der Waals surface area (Å²) in [5.41, 5.74) is 7.17. The zero-order valence-corrected chi connectivity index (χ0v) is 15.8. The van der Waals surface area contributed by atoms with Gasteiger partial charge >= 0.3 is 2.85 Å². The van der Waals surface area contributed by atoms with Crippen LogP contribution >= 0.6 is 12.4 Å². The molecule has 0 bridgehead atoms. The fourth-order valence-electron chi connectivity index (χ4n) is 3.14. The zero-order valence-electron chi connectivity index (χ0n) is 17.0. The van der Waals surface area contributed by atoms with Gasteiger partial charge in [0.25, 0.3) is 0 Å². The topological polar surface area (TPSA) is 87.4 Å². The summed E-state index contributed by atoms with van der Waals surface area (Å²) in [6.45, 7) is 2.14. The Morgan fingerprint density at radius 1 is 1.28 bits per heavy atom. The molecule has 1 aliphatic rings. The number of carbonyl (C=O) groups is 1. The summed E-state index contributed by atoms with van der Waals surface area (Å²) < 4.78 is 0. The van der Waals surface area contributed by atoms with Crippen molar-refractivity contribution in [3.63, 3.8) is 0 Å². The maximum absolute atomic E-state index is 12.2. The highest BCUT2D eigenvalue weighted by molar-refractivity contribution is 5.85. The van der Waals surface area contributed by atoms with E-state index in [9.17, 15) is 9.90 Å². The molecular weight excluding hydrogens is 338 g/mol. The highest BCUT2D eigenvalue weighted by atomic mass is 35.5. The van der Waals surface area contributed by atoms with Crippen LogP contribution in [0.2, 0.25) is 0 Å². The van der Waals surface area contributed by atoms with Crippen molar-refractivity contribution in [2.24, 2.45) is 5.73 Å². The minimum absolute atomic E-state index is 0. The summed E-state index contributed by atoms with van der Waals surface area (Å²) >= 11 is 0. The van der Waals surface area contributed by atoms with Gasteiger partial charge < -0.3 is 21.5 Å². The Morgan fingerprint density at radius 3 is 2.56 bits per heavy atom. The summed E-state index contributed by atoms with van der Waals surface area (Å²) in [6.07, 6.45) is 5.74. The van der Waals surface area contributed by atoms with Crippen LogP contribution in [-0.4, -0.2) is 41.8 Å². The van der Waals surface area contributed by atoms with Crippen molar-refractivity contribution in [1.82, 2.24) is 10.6 Å². The van der Waals surface area contributed by atoms with Gasteiger partial charge in [-0.05, 0) is 31.7 Å². The van der Waals surface area contributed by atoms with E-state index >= 15 is 0 Å². The molecule has 1 amide bonds. The number of nitrogens with two attached hydrogens (primary N) is 1. The lowest BCUT2D eigenvalue weighted by Gasteiger charge is -2.26. The second-order valence-electron chi connectivity index (χ2n) is 6.89. The number of hydrogen-bond donors (Lipinski definition) is 4. The smallest absolute Gasteiger partial charge is 0.390 e. The third-order valence-corrected chi connectivity index (χ3v) is 4.79. The van der Waals surface area contributed by atoms with Gasteiger partial charge in [0.1, 0.15) is 0 Å². The quantitative estimate of drug-likeness (QED) is 0.562. The van der Waals surface area contributed by atoms with Gasteiger partial charge in [-0.1, -0.05) is 49.6 Å². The molecule has 5 nitrogen and oxygen atoms in total. The highest BCUT2D eigenvalue weighted by Crippen LogP contribution is 2.17. The predicted molar refractivity (Wildman–Crippen MR) is 106 cm³/mol. The zero-order chi connectivity index (χ0) is 17.4. The standard InChI is InChI=1S/C19H31N3O2.ClH/c1-14(19(24)22-16-10-6-3-7-11-16)21-13-18(23)17(20)12-15-8-4-2-5-9-15;/h2,4-5,8-9,14,16-18,21,23H,3,6-7,10-13,20H2,1H3,(H,22,24);1H/p+2/t14-,17?,18?;/m0./s1. The summed E-state index contributed by atoms with van der Waals surface area (Å²) in [6, 6.07) is 9.51. The van der Waals surface area contributed by atoms with Crippen LogP contribution in [0.25, 0.3) is 0 Å². The third kappa shape index (κ3) is 7.74. The highest BCUT2D eigenvalue weighted by Gasteiger charge is 2.21. The Labute approximate surface area is 160 Å². The predicted octanol–water partition coefficient (Wildman–Crippen LogP) is 1.99. The van der Waals surface area contributed by atoms with E-state index in [-0.39, 0.29) is 33.3 Å². The molecule has 0 radical (unpaired) electrons. The molecule has 0 aliphatic heterocycles. The fraction of sp³-hybridized carbons (Fsp3) is 0.632. The van der Waals surface area contributed by atoms with Gasteiger partial charge in [0.05, 0.1) is 12.1 Å². The SMILES string of the molecule is C[C@H](NCC(O)C(N)Cc1ccccc1)C(=O)NC1CCCCC1.Cl.[H+].[H+]. The van der Waals surface area contributed by atoms with Crippen LogP contribution in [0, 0.1) is 0 Å². The minimum atomic E-state index is -0.685. The summed E-state index contributed by atoms with van der Waals surface area (Å²) in [7, 11) is 0. The van der Waals surface area contributed by atoms with Crippen molar-refractivity contribution in [2.75, 3.05) is 6.54 Å².